The van der Waals surface area contributed by atoms with Crippen LogP contribution in [-0.2, 0) is 12.3 Å². The molecule has 160 valence electrons. The van der Waals surface area contributed by atoms with Crippen LogP contribution in [0.25, 0.3) is 22.6 Å². The van der Waals surface area contributed by atoms with Crippen LogP contribution in [0.3, 0.4) is 0 Å². The molecule has 7 nitrogen and oxygen atoms in total. The van der Waals surface area contributed by atoms with Gasteiger partial charge < -0.3 is 13.6 Å². The van der Waals surface area contributed by atoms with Gasteiger partial charge in [-0.1, -0.05) is 42.1 Å². The monoisotopic (exact) mass is 445 g/mol. The summed E-state index contributed by atoms with van der Waals surface area (Å²) in [7, 11) is 1.58. The first-order chi connectivity index (χ1) is 15.7. The topological polar surface area (TPSA) is 83.3 Å². The molecule has 0 saturated heterocycles. The molecule has 5 rings (SSSR count). The Labute approximate surface area is 187 Å². The molecule has 0 unspecified atom stereocenters. The number of hydrogen-bond donors (Lipinski definition) is 0. The lowest BCUT2D eigenvalue weighted by atomic mass is 10.1. The van der Waals surface area contributed by atoms with Crippen molar-refractivity contribution in [1.29, 1.82) is 0 Å². The summed E-state index contributed by atoms with van der Waals surface area (Å²) >= 11 is 1.51. The molecule has 0 fully saturated rings. The second-order valence-corrected chi connectivity index (χ2v) is 8.04. The van der Waals surface area contributed by atoms with Gasteiger partial charge in [-0.15, -0.1) is 10.2 Å². The highest BCUT2D eigenvalue weighted by Crippen LogP contribution is 2.30. The number of benzene rings is 2. The van der Waals surface area contributed by atoms with Crippen LogP contribution in [-0.4, -0.2) is 21.9 Å². The van der Waals surface area contributed by atoms with E-state index in [2.05, 4.69) is 22.3 Å². The fourth-order valence-corrected chi connectivity index (χ4v) is 4.42. The van der Waals surface area contributed by atoms with Gasteiger partial charge in [0.05, 0.1) is 19.9 Å². The largest absolute Gasteiger partial charge is 0.497 e. The Morgan fingerprint density at radius 2 is 1.91 bits per heavy atom. The third-order valence-electron chi connectivity index (χ3n) is 5.04. The normalized spacial score (nSPS) is 11.2. The van der Waals surface area contributed by atoms with E-state index in [-0.39, 0.29) is 0 Å². The summed E-state index contributed by atoms with van der Waals surface area (Å²) in [5.41, 5.74) is 2.08. The van der Waals surface area contributed by atoms with Gasteiger partial charge in [0.1, 0.15) is 11.3 Å². The summed E-state index contributed by atoms with van der Waals surface area (Å²) in [4.78, 5) is 12.1. The van der Waals surface area contributed by atoms with E-state index in [1.54, 1.807) is 19.4 Å². The van der Waals surface area contributed by atoms with Gasteiger partial charge in [-0.25, -0.2) is 4.79 Å². The van der Waals surface area contributed by atoms with Gasteiger partial charge in [0.2, 0.25) is 5.82 Å². The third-order valence-corrected chi connectivity index (χ3v) is 6.05. The standard InChI is InChI=1S/C24H19N3O4S/c1-29-18-9-10-19-17(12-22(28)31-21(19)13-18)15-32-24-26-25-23(20-8-5-11-30-20)27(24)14-16-6-3-2-4-7-16/h2-13H,14-15H2,1H3. The van der Waals surface area contributed by atoms with Crippen LogP contribution in [0, 0.1) is 0 Å². The average molecular weight is 446 g/mol. The molecule has 0 radical (unpaired) electrons. The molecular weight excluding hydrogens is 426 g/mol. The molecule has 8 heteroatoms. The maximum Gasteiger partial charge on any atom is 0.336 e. The van der Waals surface area contributed by atoms with Gasteiger partial charge in [0, 0.05) is 23.3 Å². The molecule has 0 N–H and O–H groups in total. The first-order valence-corrected chi connectivity index (χ1v) is 10.9. The predicted octanol–water partition coefficient (Wildman–Crippen LogP) is 4.99. The number of thioether (sulfide) groups is 1. The fraction of sp³-hybridized carbons (Fsp3) is 0.125. The van der Waals surface area contributed by atoms with E-state index in [0.29, 0.717) is 35.2 Å². The zero-order valence-corrected chi connectivity index (χ0v) is 18.0. The zero-order chi connectivity index (χ0) is 21.9. The number of aromatic nitrogens is 3. The molecule has 32 heavy (non-hydrogen) atoms. The second kappa shape index (κ2) is 8.76. The highest BCUT2D eigenvalue weighted by molar-refractivity contribution is 7.98. The molecule has 0 atom stereocenters. The Kier molecular flexibility index (Phi) is 5.51. The lowest BCUT2D eigenvalue weighted by Crippen LogP contribution is -2.04. The lowest BCUT2D eigenvalue weighted by molar-refractivity contribution is 0.414. The molecule has 3 heterocycles. The van der Waals surface area contributed by atoms with Crippen molar-refractivity contribution in [2.75, 3.05) is 7.11 Å². The molecule has 0 amide bonds. The van der Waals surface area contributed by atoms with Gasteiger partial charge in [0.15, 0.2) is 10.9 Å². The smallest absolute Gasteiger partial charge is 0.336 e. The maximum atomic E-state index is 12.1. The van der Waals surface area contributed by atoms with Crippen molar-refractivity contribution in [3.63, 3.8) is 0 Å². The minimum atomic E-state index is -0.400. The van der Waals surface area contributed by atoms with Crippen molar-refractivity contribution in [2.24, 2.45) is 0 Å². The highest BCUT2D eigenvalue weighted by Gasteiger charge is 2.18. The van der Waals surface area contributed by atoms with Crippen LogP contribution in [0.5, 0.6) is 5.75 Å². The van der Waals surface area contributed by atoms with Crippen LogP contribution in [0.15, 0.2) is 91.8 Å². The van der Waals surface area contributed by atoms with Gasteiger partial charge in [0.25, 0.3) is 0 Å². The number of furan rings is 1. The van der Waals surface area contributed by atoms with Gasteiger partial charge in [-0.3, -0.25) is 4.57 Å². The van der Waals surface area contributed by atoms with Crippen molar-refractivity contribution >= 4 is 22.7 Å². The molecule has 0 saturated carbocycles. The van der Waals surface area contributed by atoms with Gasteiger partial charge in [-0.2, -0.15) is 0 Å². The Balaban J connectivity index is 1.49. The Hall–Kier alpha value is -3.78. The average Bonchev–Trinajstić information content (AvgIpc) is 3.47. The molecule has 5 aromatic rings. The van der Waals surface area contributed by atoms with Crippen LogP contribution >= 0.6 is 11.8 Å². The Morgan fingerprint density at radius 3 is 2.69 bits per heavy atom. The first kappa shape index (κ1) is 20.1. The molecule has 0 bridgehead atoms. The molecule has 0 aliphatic heterocycles. The van der Waals surface area contributed by atoms with Gasteiger partial charge >= 0.3 is 5.63 Å². The van der Waals surface area contributed by atoms with Crippen LogP contribution in [0.2, 0.25) is 0 Å². The van der Waals surface area contributed by atoms with E-state index in [0.717, 1.165) is 21.7 Å². The van der Waals surface area contributed by atoms with Crippen LogP contribution < -0.4 is 10.4 Å². The number of hydrogen-bond acceptors (Lipinski definition) is 7. The van der Waals surface area contributed by atoms with E-state index >= 15 is 0 Å². The molecule has 0 aliphatic carbocycles. The van der Waals surface area contributed by atoms with Crippen molar-refractivity contribution < 1.29 is 13.6 Å². The van der Waals surface area contributed by atoms with E-state index < -0.39 is 5.63 Å². The highest BCUT2D eigenvalue weighted by atomic mass is 32.2. The summed E-state index contributed by atoms with van der Waals surface area (Å²) in [5, 5.41) is 10.4. The first-order valence-electron chi connectivity index (χ1n) is 9.96. The summed E-state index contributed by atoms with van der Waals surface area (Å²) in [6.45, 7) is 0.598. The minimum absolute atomic E-state index is 0.400. The van der Waals surface area contributed by atoms with Crippen molar-refractivity contribution in [1.82, 2.24) is 14.8 Å². The molecular formula is C24H19N3O4S. The second-order valence-electron chi connectivity index (χ2n) is 7.10. The van der Waals surface area contributed by atoms with E-state index in [1.165, 1.54) is 17.8 Å². The van der Waals surface area contributed by atoms with Crippen LogP contribution in [0.1, 0.15) is 11.1 Å². The number of rotatable bonds is 7. The maximum absolute atomic E-state index is 12.1. The van der Waals surface area contributed by atoms with Crippen molar-refractivity contribution in [2.45, 2.75) is 17.5 Å². The van der Waals surface area contributed by atoms with E-state index in [9.17, 15) is 4.79 Å². The van der Waals surface area contributed by atoms with E-state index in [4.69, 9.17) is 13.6 Å². The van der Waals surface area contributed by atoms with Crippen LogP contribution in [0.4, 0.5) is 0 Å². The molecule has 0 spiro atoms. The zero-order valence-electron chi connectivity index (χ0n) is 17.2. The summed E-state index contributed by atoms with van der Waals surface area (Å²) in [6.07, 6.45) is 1.62. The molecule has 2 aromatic carbocycles. The number of methoxy groups -OCH3 is 1. The van der Waals surface area contributed by atoms with Crippen molar-refractivity contribution in [3.05, 3.63) is 94.5 Å². The van der Waals surface area contributed by atoms with Gasteiger partial charge in [-0.05, 0) is 35.4 Å². The summed E-state index contributed by atoms with van der Waals surface area (Å²) in [6, 6.07) is 20.8. The number of nitrogens with zero attached hydrogens (tertiary/aromatic N) is 3. The summed E-state index contributed by atoms with van der Waals surface area (Å²) < 4.78 is 18.2. The quantitative estimate of drug-likeness (QED) is 0.258. The lowest BCUT2D eigenvalue weighted by Gasteiger charge is -2.10. The fourth-order valence-electron chi connectivity index (χ4n) is 3.49. The third kappa shape index (κ3) is 4.04. The Morgan fingerprint density at radius 1 is 1.03 bits per heavy atom. The molecule has 0 aliphatic rings. The SMILES string of the molecule is COc1ccc2c(CSc3nnc(-c4ccco4)n3Cc3ccccc3)cc(=O)oc2c1. The Bertz CT molecular complexity index is 1410. The minimum Gasteiger partial charge on any atom is -0.497 e. The summed E-state index contributed by atoms with van der Waals surface area (Å²) in [5.74, 6) is 2.47. The molecule has 3 aromatic heterocycles. The number of ether oxygens (including phenoxy) is 1. The number of fused-ring (bicyclic) bond motifs is 1. The van der Waals surface area contributed by atoms with Crippen molar-refractivity contribution in [3.8, 4) is 17.3 Å². The predicted molar refractivity (Wildman–Crippen MR) is 122 cm³/mol. The van der Waals surface area contributed by atoms with E-state index in [1.807, 2.05) is 47.0 Å².